The number of nitrogens with zero attached hydrogens (tertiary/aromatic N) is 1. The fourth-order valence-electron chi connectivity index (χ4n) is 2.07. The Morgan fingerprint density at radius 1 is 1.28 bits per heavy atom. The van der Waals surface area contributed by atoms with Crippen LogP contribution in [0.4, 0.5) is 5.82 Å². The summed E-state index contributed by atoms with van der Waals surface area (Å²) in [5.74, 6) is 1.81. The molecule has 3 rings (SSSR count). The van der Waals surface area contributed by atoms with Crippen molar-refractivity contribution in [3.05, 3.63) is 53.2 Å². The summed E-state index contributed by atoms with van der Waals surface area (Å²) in [4.78, 5) is 4.19. The summed E-state index contributed by atoms with van der Waals surface area (Å²) in [5, 5.41) is 3.90. The van der Waals surface area contributed by atoms with Gasteiger partial charge in [0.1, 0.15) is 17.7 Å². The number of fused-ring (bicyclic) bond motifs is 1. The van der Waals surface area contributed by atoms with E-state index in [1.807, 2.05) is 30.3 Å². The number of hydrogen-bond acceptors (Lipinski definition) is 3. The summed E-state index contributed by atoms with van der Waals surface area (Å²) in [5.41, 5.74) is 1.27. The molecule has 0 amide bonds. The molecule has 2 heterocycles. The van der Waals surface area contributed by atoms with E-state index in [9.17, 15) is 0 Å². The van der Waals surface area contributed by atoms with E-state index in [4.69, 9.17) is 16.3 Å². The van der Waals surface area contributed by atoms with Gasteiger partial charge in [-0.3, -0.25) is 0 Å². The molecule has 1 unspecified atom stereocenters. The lowest BCUT2D eigenvalue weighted by molar-refractivity contribution is 0.246. The van der Waals surface area contributed by atoms with E-state index in [0.717, 1.165) is 24.5 Å². The van der Waals surface area contributed by atoms with Crippen molar-refractivity contribution in [2.45, 2.75) is 12.5 Å². The third-order valence-corrected chi connectivity index (χ3v) is 3.18. The van der Waals surface area contributed by atoms with Gasteiger partial charge >= 0.3 is 0 Å². The van der Waals surface area contributed by atoms with Gasteiger partial charge in [-0.1, -0.05) is 29.8 Å². The Hall–Kier alpha value is -1.74. The molecule has 3 nitrogen and oxygen atoms in total. The van der Waals surface area contributed by atoms with E-state index in [1.165, 1.54) is 5.56 Å². The molecule has 1 aromatic heterocycles. The number of aromatic nitrogens is 1. The molecule has 4 heteroatoms. The third-order valence-electron chi connectivity index (χ3n) is 2.95. The Balaban J connectivity index is 1.58. The van der Waals surface area contributed by atoms with Crippen LogP contribution >= 0.6 is 11.6 Å². The number of pyridine rings is 1. The highest BCUT2D eigenvalue weighted by atomic mass is 35.5. The number of halogens is 1. The second-order valence-electron chi connectivity index (χ2n) is 4.29. The monoisotopic (exact) mass is 260 g/mol. The van der Waals surface area contributed by atoms with Gasteiger partial charge in [0, 0.05) is 12.6 Å². The number of anilines is 1. The lowest BCUT2D eigenvalue weighted by atomic mass is 10.1. The fraction of sp³-hybridized carbons (Fsp3) is 0.214. The molecule has 18 heavy (non-hydrogen) atoms. The zero-order valence-electron chi connectivity index (χ0n) is 9.77. The highest BCUT2D eigenvalue weighted by Crippen LogP contribution is 2.28. The Morgan fingerprint density at radius 2 is 2.17 bits per heavy atom. The van der Waals surface area contributed by atoms with Crippen molar-refractivity contribution in [2.24, 2.45) is 0 Å². The normalized spacial score (nSPS) is 17.1. The van der Waals surface area contributed by atoms with Gasteiger partial charge in [-0.05, 0) is 23.8 Å². The first-order valence-electron chi connectivity index (χ1n) is 5.91. The van der Waals surface area contributed by atoms with E-state index in [2.05, 4.69) is 16.4 Å². The van der Waals surface area contributed by atoms with Crippen LogP contribution in [0.25, 0.3) is 0 Å². The average Bonchev–Trinajstić information content (AvgIpc) is 2.81. The van der Waals surface area contributed by atoms with Crippen LogP contribution in [0.2, 0.25) is 5.02 Å². The van der Waals surface area contributed by atoms with Crippen LogP contribution in [0.1, 0.15) is 5.56 Å². The van der Waals surface area contributed by atoms with Crippen molar-refractivity contribution >= 4 is 17.4 Å². The second kappa shape index (κ2) is 4.86. The Labute approximate surface area is 111 Å². The number of rotatable bonds is 3. The summed E-state index contributed by atoms with van der Waals surface area (Å²) in [6.45, 7) is 0.739. The molecule has 0 aliphatic carbocycles. The first-order valence-corrected chi connectivity index (χ1v) is 6.29. The van der Waals surface area contributed by atoms with Crippen LogP contribution in [0.3, 0.4) is 0 Å². The molecular weight excluding hydrogens is 248 g/mol. The summed E-state index contributed by atoms with van der Waals surface area (Å²) in [7, 11) is 0. The number of hydrogen-bond donors (Lipinski definition) is 1. The quantitative estimate of drug-likeness (QED) is 0.921. The molecule has 0 bridgehead atoms. The molecule has 0 saturated carbocycles. The number of nitrogens with one attached hydrogen (secondary N) is 1. The highest BCUT2D eigenvalue weighted by Gasteiger charge is 2.21. The molecule has 92 valence electrons. The van der Waals surface area contributed by atoms with Crippen LogP contribution in [0.15, 0.2) is 42.6 Å². The van der Waals surface area contributed by atoms with E-state index >= 15 is 0 Å². The lowest BCUT2D eigenvalue weighted by Gasteiger charge is -2.12. The molecule has 1 aromatic carbocycles. The Morgan fingerprint density at radius 3 is 2.94 bits per heavy atom. The molecule has 2 aromatic rings. The highest BCUT2D eigenvalue weighted by molar-refractivity contribution is 6.30. The number of para-hydroxylation sites is 1. The second-order valence-corrected chi connectivity index (χ2v) is 4.73. The van der Waals surface area contributed by atoms with Crippen LogP contribution in [0.5, 0.6) is 5.75 Å². The van der Waals surface area contributed by atoms with Crippen LogP contribution < -0.4 is 10.1 Å². The van der Waals surface area contributed by atoms with E-state index in [1.54, 1.807) is 6.20 Å². The van der Waals surface area contributed by atoms with Gasteiger partial charge in [0.25, 0.3) is 0 Å². The van der Waals surface area contributed by atoms with Crippen LogP contribution in [-0.2, 0) is 6.42 Å². The van der Waals surface area contributed by atoms with Crippen LogP contribution in [-0.4, -0.2) is 17.6 Å². The zero-order chi connectivity index (χ0) is 12.4. The predicted molar refractivity (Wildman–Crippen MR) is 72.3 cm³/mol. The molecule has 1 atom stereocenters. The van der Waals surface area contributed by atoms with E-state index in [-0.39, 0.29) is 6.10 Å². The van der Waals surface area contributed by atoms with Gasteiger partial charge in [-0.15, -0.1) is 0 Å². The summed E-state index contributed by atoms with van der Waals surface area (Å²) in [6.07, 6.45) is 2.74. The number of ether oxygens (including phenoxy) is 1. The van der Waals surface area contributed by atoms with Gasteiger partial charge in [-0.2, -0.15) is 0 Å². The average molecular weight is 261 g/mol. The van der Waals surface area contributed by atoms with Crippen molar-refractivity contribution in [1.29, 1.82) is 0 Å². The molecule has 1 aliphatic heterocycles. The minimum Gasteiger partial charge on any atom is -0.488 e. The zero-order valence-corrected chi connectivity index (χ0v) is 10.5. The SMILES string of the molecule is Clc1ccc(NCC2Cc3ccccc3O2)nc1. The maximum Gasteiger partial charge on any atom is 0.126 e. The summed E-state index contributed by atoms with van der Waals surface area (Å²) < 4.78 is 5.84. The first-order chi connectivity index (χ1) is 8.81. The molecule has 0 fully saturated rings. The van der Waals surface area contributed by atoms with Crippen molar-refractivity contribution in [1.82, 2.24) is 4.98 Å². The number of benzene rings is 1. The standard InChI is InChI=1S/C14H13ClN2O/c15-11-5-6-14(16-8-11)17-9-12-7-10-3-1-2-4-13(10)18-12/h1-6,8,12H,7,9H2,(H,16,17). The largest absolute Gasteiger partial charge is 0.488 e. The van der Waals surface area contributed by atoms with Crippen molar-refractivity contribution in [3.63, 3.8) is 0 Å². The van der Waals surface area contributed by atoms with Gasteiger partial charge in [0.2, 0.25) is 0 Å². The molecule has 0 spiro atoms. The van der Waals surface area contributed by atoms with Gasteiger partial charge < -0.3 is 10.1 Å². The van der Waals surface area contributed by atoms with Crippen molar-refractivity contribution in [3.8, 4) is 5.75 Å². The van der Waals surface area contributed by atoms with Gasteiger partial charge in [0.15, 0.2) is 0 Å². The fourth-order valence-corrected chi connectivity index (χ4v) is 2.18. The minimum atomic E-state index is 0.167. The van der Waals surface area contributed by atoms with E-state index < -0.39 is 0 Å². The molecular formula is C14H13ClN2O. The maximum absolute atomic E-state index is 5.84. The van der Waals surface area contributed by atoms with Gasteiger partial charge in [0.05, 0.1) is 11.6 Å². The molecule has 0 radical (unpaired) electrons. The molecule has 1 aliphatic rings. The first kappa shape index (κ1) is 11.4. The minimum absolute atomic E-state index is 0.167. The maximum atomic E-state index is 5.84. The molecule has 0 saturated heterocycles. The van der Waals surface area contributed by atoms with Gasteiger partial charge in [-0.25, -0.2) is 4.98 Å². The predicted octanol–water partition coefficient (Wildman–Crippen LogP) is 3.15. The smallest absolute Gasteiger partial charge is 0.126 e. The van der Waals surface area contributed by atoms with Crippen LogP contribution in [0, 0.1) is 0 Å². The topological polar surface area (TPSA) is 34.1 Å². The summed E-state index contributed by atoms with van der Waals surface area (Å²) >= 11 is 5.78. The Bertz CT molecular complexity index is 517. The lowest BCUT2D eigenvalue weighted by Crippen LogP contribution is -2.24. The van der Waals surface area contributed by atoms with Crippen molar-refractivity contribution in [2.75, 3.05) is 11.9 Å². The Kier molecular flexibility index (Phi) is 3.07. The van der Waals surface area contributed by atoms with Crippen molar-refractivity contribution < 1.29 is 4.74 Å². The van der Waals surface area contributed by atoms with E-state index in [0.29, 0.717) is 5.02 Å². The summed E-state index contributed by atoms with van der Waals surface area (Å²) in [6, 6.07) is 11.8. The molecule has 1 N–H and O–H groups in total. The third kappa shape index (κ3) is 2.41.